The summed E-state index contributed by atoms with van der Waals surface area (Å²) in [7, 11) is 1.67. The highest BCUT2D eigenvalue weighted by atomic mass is 16.5. The van der Waals surface area contributed by atoms with Crippen molar-refractivity contribution in [3.8, 4) is 5.75 Å². The van der Waals surface area contributed by atoms with Gasteiger partial charge in [0.05, 0.1) is 6.61 Å². The van der Waals surface area contributed by atoms with Gasteiger partial charge in [-0.3, -0.25) is 0 Å². The highest BCUT2D eigenvalue weighted by Gasteiger charge is 2.20. The normalized spacial score (nSPS) is 15.3. The molecular formula is C17H26N2O2. The summed E-state index contributed by atoms with van der Waals surface area (Å²) in [5, 5.41) is 2.68. The van der Waals surface area contributed by atoms with Crippen LogP contribution in [0, 0.1) is 5.92 Å². The van der Waals surface area contributed by atoms with Gasteiger partial charge in [0.15, 0.2) is 0 Å². The fraction of sp³-hybridized carbons (Fsp3) is 0.588. The van der Waals surface area contributed by atoms with Crippen LogP contribution < -0.4 is 10.1 Å². The molecule has 21 heavy (non-hydrogen) atoms. The molecule has 0 saturated heterocycles. The Balaban J connectivity index is 1.93. The number of nitrogens with one attached hydrogen (secondary N) is 1. The number of carbonyl (C=O) groups excluding carboxylic acids is 1. The Labute approximate surface area is 127 Å². The predicted molar refractivity (Wildman–Crippen MR) is 84.6 cm³/mol. The molecule has 0 aromatic heterocycles. The van der Waals surface area contributed by atoms with Gasteiger partial charge in [0, 0.05) is 20.1 Å². The molecule has 1 atom stereocenters. The number of urea groups is 1. The molecule has 1 heterocycles. The van der Waals surface area contributed by atoms with E-state index in [1.54, 1.807) is 7.05 Å². The van der Waals surface area contributed by atoms with Gasteiger partial charge in [0.1, 0.15) is 5.75 Å². The third-order valence-electron chi connectivity index (χ3n) is 4.27. The predicted octanol–water partition coefficient (Wildman–Crippen LogP) is 3.20. The second-order valence-corrected chi connectivity index (χ2v) is 5.81. The Morgan fingerprint density at radius 2 is 2.24 bits per heavy atom. The van der Waals surface area contributed by atoms with E-state index in [2.05, 4.69) is 31.3 Å². The van der Waals surface area contributed by atoms with Gasteiger partial charge in [-0.2, -0.15) is 0 Å². The fourth-order valence-corrected chi connectivity index (χ4v) is 2.53. The van der Waals surface area contributed by atoms with Crippen molar-refractivity contribution in [2.75, 3.05) is 20.2 Å². The molecule has 4 heteroatoms. The molecule has 0 fully saturated rings. The van der Waals surface area contributed by atoms with E-state index >= 15 is 0 Å². The molecule has 1 aliphatic heterocycles. The molecule has 1 aromatic rings. The van der Waals surface area contributed by atoms with Gasteiger partial charge in [-0.15, -0.1) is 0 Å². The zero-order valence-electron chi connectivity index (χ0n) is 13.3. The Hall–Kier alpha value is -1.71. The van der Waals surface area contributed by atoms with Crippen LogP contribution in [-0.4, -0.2) is 31.1 Å². The average molecular weight is 290 g/mol. The molecule has 2 rings (SSSR count). The van der Waals surface area contributed by atoms with Gasteiger partial charge in [-0.05, 0) is 42.0 Å². The summed E-state index contributed by atoms with van der Waals surface area (Å²) in [5.74, 6) is 1.66. The number of carbonyl (C=O) groups is 1. The van der Waals surface area contributed by atoms with E-state index in [4.69, 9.17) is 4.74 Å². The number of rotatable bonds is 5. The fourth-order valence-electron chi connectivity index (χ4n) is 2.53. The summed E-state index contributed by atoms with van der Waals surface area (Å²) in [6.45, 7) is 6.69. The third kappa shape index (κ3) is 4.13. The number of hydrogen-bond acceptors (Lipinski definition) is 2. The summed E-state index contributed by atoms with van der Waals surface area (Å²) >= 11 is 0. The number of nitrogens with zero attached hydrogens (tertiary/aromatic N) is 1. The molecule has 0 spiro atoms. The van der Waals surface area contributed by atoms with Gasteiger partial charge in [-0.1, -0.05) is 26.3 Å². The molecule has 116 valence electrons. The van der Waals surface area contributed by atoms with E-state index in [1.165, 1.54) is 17.5 Å². The lowest BCUT2D eigenvalue weighted by Gasteiger charge is -2.28. The smallest absolute Gasteiger partial charge is 0.317 e. The number of fused-ring (bicyclic) bond motifs is 1. The van der Waals surface area contributed by atoms with Gasteiger partial charge in [0.25, 0.3) is 0 Å². The summed E-state index contributed by atoms with van der Waals surface area (Å²) < 4.78 is 5.85. The molecule has 0 aliphatic carbocycles. The molecule has 1 unspecified atom stereocenters. The first-order valence-electron chi connectivity index (χ1n) is 7.85. The highest BCUT2D eigenvalue weighted by Crippen LogP contribution is 2.24. The SMILES string of the molecule is CCC(C)CCOc1ccc2c(c1)CCN(C(=O)NC)C2. The van der Waals surface area contributed by atoms with Crippen LogP contribution in [0.4, 0.5) is 4.79 Å². The van der Waals surface area contributed by atoms with E-state index in [0.717, 1.165) is 31.7 Å². The number of hydrogen-bond donors (Lipinski definition) is 1. The van der Waals surface area contributed by atoms with Crippen molar-refractivity contribution in [3.05, 3.63) is 29.3 Å². The number of amides is 2. The van der Waals surface area contributed by atoms with Crippen molar-refractivity contribution in [3.63, 3.8) is 0 Å². The molecule has 1 N–H and O–H groups in total. The van der Waals surface area contributed by atoms with Gasteiger partial charge in [-0.25, -0.2) is 4.79 Å². The summed E-state index contributed by atoms with van der Waals surface area (Å²) in [5.41, 5.74) is 2.52. The first-order valence-corrected chi connectivity index (χ1v) is 7.85. The van der Waals surface area contributed by atoms with Crippen molar-refractivity contribution < 1.29 is 9.53 Å². The Kier molecular flexibility index (Phi) is 5.48. The Morgan fingerprint density at radius 1 is 1.43 bits per heavy atom. The Morgan fingerprint density at radius 3 is 2.95 bits per heavy atom. The molecule has 0 saturated carbocycles. The van der Waals surface area contributed by atoms with Crippen LogP contribution in [0.1, 0.15) is 37.8 Å². The van der Waals surface area contributed by atoms with Gasteiger partial charge >= 0.3 is 6.03 Å². The highest BCUT2D eigenvalue weighted by molar-refractivity contribution is 5.74. The largest absolute Gasteiger partial charge is 0.494 e. The van der Waals surface area contributed by atoms with Crippen LogP contribution in [0.3, 0.4) is 0 Å². The minimum absolute atomic E-state index is 0.00507. The number of benzene rings is 1. The van der Waals surface area contributed by atoms with Crippen molar-refractivity contribution in [1.82, 2.24) is 10.2 Å². The lowest BCUT2D eigenvalue weighted by molar-refractivity contribution is 0.194. The summed E-state index contributed by atoms with van der Waals surface area (Å²) in [6.07, 6.45) is 3.19. The maximum atomic E-state index is 11.7. The van der Waals surface area contributed by atoms with Crippen molar-refractivity contribution in [1.29, 1.82) is 0 Å². The summed E-state index contributed by atoms with van der Waals surface area (Å²) in [4.78, 5) is 13.5. The zero-order valence-corrected chi connectivity index (χ0v) is 13.3. The first-order chi connectivity index (χ1) is 10.1. The molecule has 1 aromatic carbocycles. The molecular weight excluding hydrogens is 264 g/mol. The molecule has 1 aliphatic rings. The lowest BCUT2D eigenvalue weighted by atomic mass is 9.99. The van der Waals surface area contributed by atoms with Gasteiger partial charge < -0.3 is 15.0 Å². The summed E-state index contributed by atoms with van der Waals surface area (Å²) in [6, 6.07) is 6.23. The van der Waals surface area contributed by atoms with Gasteiger partial charge in [0.2, 0.25) is 0 Å². The second kappa shape index (κ2) is 7.34. The maximum Gasteiger partial charge on any atom is 0.317 e. The van der Waals surface area contributed by atoms with Crippen LogP contribution >= 0.6 is 0 Å². The molecule has 0 radical (unpaired) electrons. The van der Waals surface area contributed by atoms with Crippen LogP contribution in [0.5, 0.6) is 5.75 Å². The quantitative estimate of drug-likeness (QED) is 0.905. The topological polar surface area (TPSA) is 41.6 Å². The maximum absolute atomic E-state index is 11.7. The second-order valence-electron chi connectivity index (χ2n) is 5.81. The standard InChI is InChI=1S/C17H26N2O2/c1-4-13(2)8-10-21-16-6-5-15-12-19(17(20)18-3)9-7-14(15)11-16/h5-6,11,13H,4,7-10,12H2,1-3H3,(H,18,20). The molecule has 2 amide bonds. The minimum Gasteiger partial charge on any atom is -0.494 e. The lowest BCUT2D eigenvalue weighted by Crippen LogP contribution is -2.41. The van der Waals surface area contributed by atoms with Crippen LogP contribution in [-0.2, 0) is 13.0 Å². The van der Waals surface area contributed by atoms with E-state index in [1.807, 2.05) is 11.0 Å². The minimum atomic E-state index is -0.00507. The molecule has 4 nitrogen and oxygen atoms in total. The van der Waals surface area contributed by atoms with Crippen LogP contribution in [0.15, 0.2) is 18.2 Å². The van der Waals surface area contributed by atoms with E-state index < -0.39 is 0 Å². The van der Waals surface area contributed by atoms with Crippen molar-refractivity contribution in [2.45, 2.75) is 39.7 Å². The van der Waals surface area contributed by atoms with Crippen molar-refractivity contribution in [2.24, 2.45) is 5.92 Å². The van der Waals surface area contributed by atoms with Crippen LogP contribution in [0.25, 0.3) is 0 Å². The zero-order chi connectivity index (χ0) is 15.2. The monoisotopic (exact) mass is 290 g/mol. The third-order valence-corrected chi connectivity index (χ3v) is 4.27. The molecule has 0 bridgehead atoms. The van der Waals surface area contributed by atoms with Crippen LogP contribution in [0.2, 0.25) is 0 Å². The number of ether oxygens (including phenoxy) is 1. The Bertz CT molecular complexity index is 488. The van der Waals surface area contributed by atoms with Crippen molar-refractivity contribution >= 4 is 6.03 Å². The average Bonchev–Trinajstić information content (AvgIpc) is 2.53. The van der Waals surface area contributed by atoms with E-state index in [-0.39, 0.29) is 6.03 Å². The van der Waals surface area contributed by atoms with E-state index in [0.29, 0.717) is 12.5 Å². The first kappa shape index (κ1) is 15.7. The van der Waals surface area contributed by atoms with E-state index in [9.17, 15) is 4.79 Å².